The van der Waals surface area contributed by atoms with Crippen molar-refractivity contribution in [2.24, 2.45) is 23.7 Å². The number of amides is 4. The van der Waals surface area contributed by atoms with Gasteiger partial charge in [0.15, 0.2) is 0 Å². The molecule has 9 nitrogen and oxygen atoms in total. The first-order valence-electron chi connectivity index (χ1n) is 18.0. The van der Waals surface area contributed by atoms with E-state index in [9.17, 15) is 19.2 Å². The molecule has 3 unspecified atom stereocenters. The molecule has 4 aromatic rings. The number of carbonyl (C=O) groups is 4. The number of hydrogen-bond donors (Lipinski definition) is 3. The van der Waals surface area contributed by atoms with Crippen molar-refractivity contribution in [3.05, 3.63) is 106 Å². The number of likely N-dealkylation sites (N-methyl/N-ethyl adjacent to an activating group) is 1. The number of carbonyl (C=O) groups excluding carboxylic acids is 4. The van der Waals surface area contributed by atoms with E-state index in [0.29, 0.717) is 36.1 Å². The van der Waals surface area contributed by atoms with Crippen molar-refractivity contribution in [1.29, 1.82) is 0 Å². The van der Waals surface area contributed by atoms with Gasteiger partial charge in [0.05, 0.1) is 18.9 Å². The molecule has 2 aliphatic heterocycles. The highest BCUT2D eigenvalue weighted by Crippen LogP contribution is 2.36. The number of nitrogens with zero attached hydrogens (tertiary/aromatic N) is 2. The Bertz CT molecular complexity index is 1810. The minimum atomic E-state index is -0.537. The Morgan fingerprint density at radius 2 is 1.63 bits per heavy atom. The highest BCUT2D eigenvalue weighted by atomic mass is 35.5. The van der Waals surface area contributed by atoms with Crippen molar-refractivity contribution < 1.29 is 19.2 Å². The van der Waals surface area contributed by atoms with Crippen LogP contribution in [0.4, 0.5) is 0 Å². The summed E-state index contributed by atoms with van der Waals surface area (Å²) in [6.07, 6.45) is 5.40. The molecule has 3 N–H and O–H groups in total. The molecule has 0 spiro atoms. The summed E-state index contributed by atoms with van der Waals surface area (Å²) < 4.78 is 0. The maximum atomic E-state index is 13.6. The van der Waals surface area contributed by atoms with Crippen molar-refractivity contribution in [2.45, 2.75) is 46.5 Å². The van der Waals surface area contributed by atoms with Crippen LogP contribution in [0, 0.1) is 23.7 Å². The van der Waals surface area contributed by atoms with Gasteiger partial charge in [0, 0.05) is 60.9 Å². The third-order valence-corrected chi connectivity index (χ3v) is 10.1. The molecule has 0 radical (unpaired) electrons. The Balaban J connectivity index is 0.000000488. The molecule has 4 amide bonds. The van der Waals surface area contributed by atoms with E-state index >= 15 is 0 Å². The zero-order chi connectivity index (χ0) is 36.5. The maximum Gasteiger partial charge on any atom is 0.253 e. The van der Waals surface area contributed by atoms with Crippen molar-refractivity contribution in [3.8, 4) is 0 Å². The topological polar surface area (TPSA) is 115 Å². The number of aryl methyl sites for hydroxylation is 1. The van der Waals surface area contributed by atoms with Gasteiger partial charge in [-0.1, -0.05) is 87.3 Å². The van der Waals surface area contributed by atoms with Gasteiger partial charge < -0.3 is 25.4 Å². The van der Waals surface area contributed by atoms with Crippen LogP contribution in [0.3, 0.4) is 0 Å². The largest absolute Gasteiger partial charge is 0.361 e. The molecule has 3 atom stereocenters. The average Bonchev–Trinajstić information content (AvgIpc) is 3.74. The number of piperidine rings is 1. The predicted octanol–water partition coefficient (Wildman–Crippen LogP) is 5.91. The number of rotatable bonds is 10. The molecule has 51 heavy (non-hydrogen) atoms. The summed E-state index contributed by atoms with van der Waals surface area (Å²) in [7, 11) is 1.51. The number of aromatic amines is 1. The molecule has 270 valence electrons. The molecule has 3 aromatic carbocycles. The van der Waals surface area contributed by atoms with Crippen LogP contribution in [0.25, 0.3) is 10.9 Å². The summed E-state index contributed by atoms with van der Waals surface area (Å²) in [5, 5.41) is 6.79. The molecule has 2 fully saturated rings. The third kappa shape index (κ3) is 9.79. The molecule has 0 bridgehead atoms. The van der Waals surface area contributed by atoms with Crippen LogP contribution in [-0.4, -0.2) is 78.2 Å². The molecule has 2 saturated heterocycles. The molecular formula is C41H50ClN5O4. The van der Waals surface area contributed by atoms with Gasteiger partial charge in [0.25, 0.3) is 5.91 Å². The Morgan fingerprint density at radius 3 is 2.31 bits per heavy atom. The smallest absolute Gasteiger partial charge is 0.253 e. The van der Waals surface area contributed by atoms with E-state index in [1.807, 2.05) is 47.5 Å². The quantitative estimate of drug-likeness (QED) is 0.190. The number of nitrogens with one attached hydrogen (secondary N) is 3. The number of halogens is 1. The molecular weight excluding hydrogens is 662 g/mol. The SMILES string of the molecule is CCCc1ccccc1.CNC(=O)CNC(=O)C1CN(C(=O)Cc2c[nH]c3cc(Cl)ccc23)CC2CN(C(=O)c3ccc(CC(C)C)cc3)CC21. The van der Waals surface area contributed by atoms with Gasteiger partial charge in [-0.2, -0.15) is 0 Å². The summed E-state index contributed by atoms with van der Waals surface area (Å²) in [6, 6.07) is 23.8. The van der Waals surface area contributed by atoms with Crippen LogP contribution in [0.2, 0.25) is 5.02 Å². The second-order valence-corrected chi connectivity index (χ2v) is 14.6. The fourth-order valence-corrected chi connectivity index (χ4v) is 7.43. The van der Waals surface area contributed by atoms with Gasteiger partial charge in [0.2, 0.25) is 17.7 Å². The lowest BCUT2D eigenvalue weighted by Gasteiger charge is -2.39. The second-order valence-electron chi connectivity index (χ2n) is 14.1. The van der Waals surface area contributed by atoms with Crippen LogP contribution in [0.1, 0.15) is 54.2 Å². The zero-order valence-electron chi connectivity index (χ0n) is 30.1. The summed E-state index contributed by atoms with van der Waals surface area (Å²) >= 11 is 6.12. The first-order chi connectivity index (χ1) is 24.6. The van der Waals surface area contributed by atoms with Crippen molar-refractivity contribution in [2.75, 3.05) is 39.8 Å². The maximum absolute atomic E-state index is 13.6. The van der Waals surface area contributed by atoms with Crippen LogP contribution in [0.5, 0.6) is 0 Å². The van der Waals surface area contributed by atoms with Crippen molar-refractivity contribution in [1.82, 2.24) is 25.4 Å². The monoisotopic (exact) mass is 711 g/mol. The van der Waals surface area contributed by atoms with Gasteiger partial charge in [0.1, 0.15) is 0 Å². The van der Waals surface area contributed by atoms with E-state index < -0.39 is 5.92 Å². The molecule has 0 saturated carbocycles. The van der Waals surface area contributed by atoms with Gasteiger partial charge in [-0.3, -0.25) is 19.2 Å². The van der Waals surface area contributed by atoms with E-state index in [1.165, 1.54) is 31.0 Å². The minimum absolute atomic E-state index is 0.0515. The van der Waals surface area contributed by atoms with Crippen LogP contribution >= 0.6 is 11.6 Å². The van der Waals surface area contributed by atoms with Crippen molar-refractivity contribution >= 4 is 46.1 Å². The highest BCUT2D eigenvalue weighted by Gasteiger charge is 2.47. The number of H-pyrrole nitrogens is 1. The normalized spacial score (nSPS) is 18.2. The Labute approximate surface area is 306 Å². The number of aromatic nitrogens is 1. The van der Waals surface area contributed by atoms with Crippen LogP contribution < -0.4 is 10.6 Å². The Morgan fingerprint density at radius 1 is 0.902 bits per heavy atom. The van der Waals surface area contributed by atoms with Gasteiger partial charge >= 0.3 is 0 Å². The lowest BCUT2D eigenvalue weighted by molar-refractivity contribution is -0.139. The van der Waals surface area contributed by atoms with Gasteiger partial charge in [-0.25, -0.2) is 0 Å². The number of likely N-dealkylation sites (tertiary alicyclic amines) is 2. The lowest BCUT2D eigenvalue weighted by atomic mass is 9.79. The summed E-state index contributed by atoms with van der Waals surface area (Å²) in [6.45, 7) is 7.99. The predicted molar refractivity (Wildman–Crippen MR) is 202 cm³/mol. The van der Waals surface area contributed by atoms with Gasteiger partial charge in [-0.15, -0.1) is 0 Å². The Hall–Kier alpha value is -4.63. The van der Waals surface area contributed by atoms with E-state index in [-0.39, 0.29) is 55.0 Å². The molecule has 10 heteroatoms. The number of fused-ring (bicyclic) bond motifs is 2. The second kappa shape index (κ2) is 17.5. The van der Waals surface area contributed by atoms with E-state index in [4.69, 9.17) is 11.6 Å². The standard InChI is InChI=1S/C32H38ClN5O4.C9H12/c1-19(2)10-20-4-6-21(7-5-20)32(42)38-16-23-15-37(18-27(26(23)17-38)31(41)36-14-29(39)34-3)30(40)11-22-13-35-28-12-24(33)8-9-25(22)28;1-2-6-9-7-4-3-5-8-9/h4-9,12-13,19,23,26-27,35H,10-11,14-18H2,1-3H3,(H,34,39)(H,36,41);3-5,7-8H,2,6H2,1H3. The van der Waals surface area contributed by atoms with Crippen molar-refractivity contribution in [3.63, 3.8) is 0 Å². The van der Waals surface area contributed by atoms with Gasteiger partial charge in [-0.05, 0) is 71.6 Å². The minimum Gasteiger partial charge on any atom is -0.361 e. The third-order valence-electron chi connectivity index (χ3n) is 9.86. The molecule has 1 aromatic heterocycles. The van der Waals surface area contributed by atoms with Crippen LogP contribution in [-0.2, 0) is 33.6 Å². The zero-order valence-corrected chi connectivity index (χ0v) is 30.8. The first-order valence-corrected chi connectivity index (χ1v) is 18.4. The highest BCUT2D eigenvalue weighted by molar-refractivity contribution is 6.31. The molecule has 3 heterocycles. The lowest BCUT2D eigenvalue weighted by Crippen LogP contribution is -2.54. The summed E-state index contributed by atoms with van der Waals surface area (Å²) in [5.74, 6) is -0.903. The fraction of sp³-hybridized carbons (Fsp3) is 0.415. The molecule has 6 rings (SSSR count). The van der Waals surface area contributed by atoms with E-state index in [2.05, 4.69) is 66.7 Å². The first kappa shape index (κ1) is 37.6. The summed E-state index contributed by atoms with van der Waals surface area (Å²) in [4.78, 5) is 59.0. The number of hydrogen-bond acceptors (Lipinski definition) is 4. The Kier molecular flexibility index (Phi) is 12.9. The van der Waals surface area contributed by atoms with Crippen LogP contribution in [0.15, 0.2) is 79.0 Å². The summed E-state index contributed by atoms with van der Waals surface area (Å²) in [5.41, 5.74) is 4.97. The molecule has 2 aliphatic rings. The van der Waals surface area contributed by atoms with E-state index in [1.54, 1.807) is 11.0 Å². The molecule has 0 aliphatic carbocycles. The number of benzene rings is 3. The van der Waals surface area contributed by atoms with E-state index in [0.717, 1.165) is 22.9 Å². The fourth-order valence-electron chi connectivity index (χ4n) is 7.26. The average molecular weight is 712 g/mol.